The Morgan fingerprint density at radius 3 is 1.76 bits per heavy atom. The van der Waals surface area contributed by atoms with Crippen LogP contribution in [-0.4, -0.2) is 34.6 Å². The largest absolute Gasteiger partial charge is 0.872 e. The van der Waals surface area contributed by atoms with E-state index >= 15 is 0 Å². The Bertz CT molecular complexity index is 2280. The van der Waals surface area contributed by atoms with Crippen LogP contribution in [0.3, 0.4) is 0 Å². The standard InChI is InChI=1S/C37H25N5O3/c1-41-24(17-38)31-34(32-27-18(8-4-14-25(27)43)16-19-9-5-15-26(44)28(19)32)37(45)35(31)33-29-20(10-6-12-22(29)39)36(42(2)3)21-11-7-13-23(40)30(21)33/h4-16H,39-40H2,2-3H3,(H2-,43,44,45)/b31-24+. The van der Waals surface area contributed by atoms with Gasteiger partial charge in [0, 0.05) is 50.0 Å². The maximum Gasteiger partial charge on any atom is 0.270 e. The van der Waals surface area contributed by atoms with Gasteiger partial charge in [-0.3, -0.25) is 0 Å². The van der Waals surface area contributed by atoms with Gasteiger partial charge in [0.2, 0.25) is 5.71 Å². The fourth-order valence-corrected chi connectivity index (χ4v) is 6.80. The summed E-state index contributed by atoms with van der Waals surface area (Å²) in [5.41, 5.74) is 18.3. The smallest absolute Gasteiger partial charge is 0.270 e. The Hall–Kier alpha value is -6.51. The molecule has 0 amide bonds. The van der Waals surface area contributed by atoms with Crippen molar-refractivity contribution >= 4 is 49.8 Å². The number of rotatable bonds is 1. The molecule has 0 aromatic heterocycles. The fraction of sp³-hybridized carbons (Fsp3) is 0.0541. The highest BCUT2D eigenvalue weighted by Crippen LogP contribution is 2.56. The molecule has 0 spiro atoms. The second kappa shape index (κ2) is 9.77. The Morgan fingerprint density at radius 1 is 0.778 bits per heavy atom. The summed E-state index contributed by atoms with van der Waals surface area (Å²) < 4.78 is 1.96. The Kier molecular flexibility index (Phi) is 5.93. The summed E-state index contributed by atoms with van der Waals surface area (Å²) in [6.45, 7) is 7.96. The third-order valence-corrected chi connectivity index (χ3v) is 8.52. The van der Waals surface area contributed by atoms with Gasteiger partial charge in [-0.2, -0.15) is 0 Å². The minimum atomic E-state index is -0.464. The van der Waals surface area contributed by atoms with Gasteiger partial charge in [0.25, 0.3) is 5.70 Å². The number of nitrogens with zero attached hydrogens (tertiary/aromatic N) is 3. The van der Waals surface area contributed by atoms with Crippen LogP contribution in [0.15, 0.2) is 101 Å². The Balaban J connectivity index is 1.74. The van der Waals surface area contributed by atoms with Crippen LogP contribution in [-0.2, 0) is 0 Å². The highest BCUT2D eigenvalue weighted by molar-refractivity contribution is 6.25. The number of phenols is 2. The van der Waals surface area contributed by atoms with Gasteiger partial charge in [-0.15, -0.1) is 0 Å². The van der Waals surface area contributed by atoms with E-state index in [4.69, 9.17) is 18.0 Å². The molecule has 5 aromatic rings. The van der Waals surface area contributed by atoms with Crippen molar-refractivity contribution < 1.29 is 19.9 Å². The topological polar surface area (TPSA) is 147 Å². The van der Waals surface area contributed by atoms with Crippen LogP contribution in [0.25, 0.3) is 37.5 Å². The van der Waals surface area contributed by atoms with Crippen LogP contribution >= 0.6 is 0 Å². The van der Waals surface area contributed by atoms with E-state index in [0.29, 0.717) is 49.6 Å². The summed E-state index contributed by atoms with van der Waals surface area (Å²) in [5.74, 6) is -0.683. The summed E-state index contributed by atoms with van der Waals surface area (Å²) in [6, 6.07) is 24.7. The zero-order valence-corrected chi connectivity index (χ0v) is 24.3. The number of benzene rings is 5. The normalized spacial score (nSPS) is 14.9. The summed E-state index contributed by atoms with van der Waals surface area (Å²) in [7, 11) is 3.83. The van der Waals surface area contributed by atoms with Gasteiger partial charge in [-0.05, 0) is 64.4 Å². The van der Waals surface area contributed by atoms with Crippen molar-refractivity contribution in [2.75, 3.05) is 25.6 Å². The van der Waals surface area contributed by atoms with Gasteiger partial charge in [0.1, 0.15) is 25.6 Å². The van der Waals surface area contributed by atoms with E-state index in [1.54, 1.807) is 36.4 Å². The average Bonchev–Trinajstić information content (AvgIpc) is 3.01. The van der Waals surface area contributed by atoms with Crippen molar-refractivity contribution in [3.63, 3.8) is 0 Å². The first kappa shape index (κ1) is 27.3. The van der Waals surface area contributed by atoms with E-state index in [9.17, 15) is 20.6 Å². The van der Waals surface area contributed by atoms with Crippen molar-refractivity contribution in [1.82, 2.24) is 0 Å². The van der Waals surface area contributed by atoms with Gasteiger partial charge in [-0.25, -0.2) is 14.7 Å². The van der Waals surface area contributed by atoms with E-state index in [-0.39, 0.29) is 39.5 Å². The first-order valence-electron chi connectivity index (χ1n) is 14.1. The number of nitrogen functional groups attached to an aromatic ring is 2. The lowest BCUT2D eigenvalue weighted by molar-refractivity contribution is -0.463. The molecular weight excluding hydrogens is 562 g/mol. The van der Waals surface area contributed by atoms with E-state index in [1.807, 2.05) is 55.1 Å². The SMILES string of the molecule is [C-]#[N+]/C(C#N)=C1/C(=C2c3c(N)cccc3C(=[N+](C)C)c3cccc(N)c32)C([O-])=C1c1c2c(O)cccc2cc2cccc(O)c12. The molecule has 0 bridgehead atoms. The molecule has 0 atom stereocenters. The van der Waals surface area contributed by atoms with Crippen LogP contribution in [0.1, 0.15) is 27.8 Å². The number of allylic oxidation sites excluding steroid dienone is 3. The minimum absolute atomic E-state index is 0.0538. The molecule has 0 aliphatic heterocycles. The van der Waals surface area contributed by atoms with Crippen molar-refractivity contribution in [2.24, 2.45) is 0 Å². The molecule has 2 aliphatic rings. The van der Waals surface area contributed by atoms with Gasteiger partial charge < -0.3 is 26.8 Å². The molecule has 7 rings (SSSR count). The van der Waals surface area contributed by atoms with Gasteiger partial charge in [0.15, 0.2) is 0 Å². The molecule has 8 nitrogen and oxygen atoms in total. The molecule has 45 heavy (non-hydrogen) atoms. The monoisotopic (exact) mass is 587 g/mol. The second-order valence-electron chi connectivity index (χ2n) is 11.2. The molecule has 0 heterocycles. The van der Waals surface area contributed by atoms with Crippen LogP contribution in [0.4, 0.5) is 11.4 Å². The molecule has 6 N–H and O–H groups in total. The minimum Gasteiger partial charge on any atom is -0.872 e. The molecule has 0 saturated carbocycles. The zero-order valence-electron chi connectivity index (χ0n) is 24.3. The average molecular weight is 588 g/mol. The molecule has 0 saturated heterocycles. The molecule has 2 aliphatic carbocycles. The molecule has 0 unspecified atom stereocenters. The maximum atomic E-state index is 14.8. The van der Waals surface area contributed by atoms with E-state index in [2.05, 4.69) is 4.85 Å². The number of anilines is 2. The predicted molar refractivity (Wildman–Crippen MR) is 174 cm³/mol. The molecule has 0 fully saturated rings. The van der Waals surface area contributed by atoms with Crippen molar-refractivity contribution in [2.45, 2.75) is 0 Å². The van der Waals surface area contributed by atoms with Crippen LogP contribution in [0.5, 0.6) is 11.5 Å². The summed E-state index contributed by atoms with van der Waals surface area (Å²) in [6.07, 6.45) is 0. The number of hydrogen-bond donors (Lipinski definition) is 4. The highest BCUT2D eigenvalue weighted by atomic mass is 16.3. The first-order valence-corrected chi connectivity index (χ1v) is 14.1. The summed E-state index contributed by atoms with van der Waals surface area (Å²) in [4.78, 5) is 3.55. The number of phenolic OH excluding ortho intramolecular Hbond substituents is 2. The molecule has 8 heteroatoms. The summed E-state index contributed by atoms with van der Waals surface area (Å²) in [5, 5.41) is 49.2. The van der Waals surface area contributed by atoms with Crippen LogP contribution in [0, 0.1) is 17.9 Å². The number of aromatic hydroxyl groups is 2. The Morgan fingerprint density at radius 2 is 1.29 bits per heavy atom. The maximum absolute atomic E-state index is 14.8. The molecule has 0 radical (unpaired) electrons. The van der Waals surface area contributed by atoms with Crippen LogP contribution in [0.2, 0.25) is 0 Å². The third-order valence-electron chi connectivity index (χ3n) is 8.52. The predicted octanol–water partition coefficient (Wildman–Crippen LogP) is 5.28. The molecule has 5 aromatic carbocycles. The van der Waals surface area contributed by atoms with Crippen molar-refractivity contribution in [1.29, 1.82) is 5.26 Å². The number of hydrogen-bond acceptors (Lipinski definition) is 6. The first-order chi connectivity index (χ1) is 21.7. The molecular formula is C37H25N5O3. The fourth-order valence-electron chi connectivity index (χ4n) is 6.80. The third kappa shape index (κ3) is 3.67. The number of fused-ring (bicyclic) bond motifs is 4. The van der Waals surface area contributed by atoms with Gasteiger partial charge in [0.05, 0.1) is 23.8 Å². The van der Waals surface area contributed by atoms with Crippen molar-refractivity contribution in [3.8, 4) is 17.6 Å². The number of nitriles is 1. The van der Waals surface area contributed by atoms with Gasteiger partial charge >= 0.3 is 0 Å². The number of nitrogens with two attached hydrogens (primary N) is 2. The quantitative estimate of drug-likeness (QED) is 0.0677. The lowest BCUT2D eigenvalue weighted by Gasteiger charge is -2.41. The van der Waals surface area contributed by atoms with E-state index in [0.717, 1.165) is 16.8 Å². The highest BCUT2D eigenvalue weighted by Gasteiger charge is 2.40. The molecule has 216 valence electrons. The van der Waals surface area contributed by atoms with Crippen molar-refractivity contribution in [3.05, 3.63) is 141 Å². The second-order valence-corrected chi connectivity index (χ2v) is 11.2. The van der Waals surface area contributed by atoms with E-state index in [1.165, 1.54) is 12.1 Å². The lowest BCUT2D eigenvalue weighted by Crippen LogP contribution is -2.29. The van der Waals surface area contributed by atoms with Gasteiger partial charge in [-0.1, -0.05) is 42.2 Å². The summed E-state index contributed by atoms with van der Waals surface area (Å²) >= 11 is 0. The lowest BCUT2D eigenvalue weighted by atomic mass is 9.68. The Labute approximate surface area is 258 Å². The van der Waals surface area contributed by atoms with Crippen LogP contribution < -0.4 is 16.6 Å². The van der Waals surface area contributed by atoms with E-state index < -0.39 is 5.76 Å². The zero-order chi connectivity index (χ0) is 31.7.